The molecular formula is C17H27FN2O. The normalized spacial score (nSPS) is 22.8. The van der Waals surface area contributed by atoms with E-state index in [0.717, 1.165) is 12.1 Å². The summed E-state index contributed by atoms with van der Waals surface area (Å²) in [6, 6.07) is 5.75. The molecule has 0 aromatic heterocycles. The molecule has 1 heterocycles. The summed E-state index contributed by atoms with van der Waals surface area (Å²) in [7, 11) is 3.67. The molecule has 4 heteroatoms. The summed E-state index contributed by atoms with van der Waals surface area (Å²) in [6.07, 6.45) is 2.53. The minimum Gasteiger partial charge on any atom is -0.494 e. The first-order chi connectivity index (χ1) is 10.0. The zero-order chi connectivity index (χ0) is 15.4. The van der Waals surface area contributed by atoms with Gasteiger partial charge in [-0.05, 0) is 63.9 Å². The fraction of sp³-hybridized carbons (Fsp3) is 0.647. The maximum absolute atomic E-state index is 13.8. The van der Waals surface area contributed by atoms with Crippen molar-refractivity contribution in [3.05, 3.63) is 29.6 Å². The van der Waals surface area contributed by atoms with Gasteiger partial charge in [0.05, 0.1) is 7.11 Å². The molecule has 0 radical (unpaired) electrons. The first-order valence-corrected chi connectivity index (χ1v) is 7.79. The van der Waals surface area contributed by atoms with Gasteiger partial charge < -0.3 is 15.0 Å². The molecule has 1 fully saturated rings. The number of hydrogen-bond donors (Lipinski definition) is 1. The van der Waals surface area contributed by atoms with Gasteiger partial charge in [-0.1, -0.05) is 6.07 Å². The van der Waals surface area contributed by atoms with Crippen molar-refractivity contribution in [2.45, 2.75) is 38.8 Å². The van der Waals surface area contributed by atoms with E-state index in [9.17, 15) is 4.39 Å². The summed E-state index contributed by atoms with van der Waals surface area (Å²) in [5.41, 5.74) is 0.962. The highest BCUT2D eigenvalue weighted by atomic mass is 19.1. The van der Waals surface area contributed by atoms with Gasteiger partial charge in [0.1, 0.15) is 0 Å². The van der Waals surface area contributed by atoms with Gasteiger partial charge in [-0.15, -0.1) is 0 Å². The molecule has 1 aliphatic heterocycles. The number of rotatable bonds is 5. The molecule has 0 spiro atoms. The zero-order valence-corrected chi connectivity index (χ0v) is 13.5. The van der Waals surface area contributed by atoms with Gasteiger partial charge in [0.2, 0.25) is 0 Å². The van der Waals surface area contributed by atoms with Crippen LogP contribution in [0, 0.1) is 11.7 Å². The van der Waals surface area contributed by atoms with Crippen LogP contribution < -0.4 is 10.1 Å². The smallest absolute Gasteiger partial charge is 0.165 e. The maximum Gasteiger partial charge on any atom is 0.165 e. The van der Waals surface area contributed by atoms with E-state index in [4.69, 9.17) is 4.74 Å². The second-order valence-corrected chi connectivity index (χ2v) is 6.24. The molecule has 3 atom stereocenters. The molecule has 0 amide bonds. The average Bonchev–Trinajstić information content (AvgIpc) is 2.47. The fourth-order valence-electron chi connectivity index (χ4n) is 3.19. The number of nitrogens with zero attached hydrogens (tertiary/aromatic N) is 1. The molecule has 118 valence electrons. The highest BCUT2D eigenvalue weighted by Crippen LogP contribution is 2.24. The van der Waals surface area contributed by atoms with Crippen LogP contribution in [0.2, 0.25) is 0 Å². The second kappa shape index (κ2) is 7.23. The standard InChI is InChI=1S/C17H27FN2O/c1-12(14-7-8-17(21-4)16(18)10-14)19-13(2)15-6-5-9-20(3)11-15/h7-8,10,12-13,15,19H,5-6,9,11H2,1-4H3. The highest BCUT2D eigenvalue weighted by Gasteiger charge is 2.24. The van der Waals surface area contributed by atoms with Crippen molar-refractivity contribution in [1.82, 2.24) is 10.2 Å². The lowest BCUT2D eigenvalue weighted by atomic mass is 9.91. The molecule has 1 saturated heterocycles. The minimum atomic E-state index is -0.297. The van der Waals surface area contributed by atoms with Crippen molar-refractivity contribution in [1.29, 1.82) is 0 Å². The monoisotopic (exact) mass is 294 g/mol. The molecular weight excluding hydrogens is 267 g/mol. The van der Waals surface area contributed by atoms with E-state index in [1.165, 1.54) is 26.5 Å². The van der Waals surface area contributed by atoms with E-state index in [1.54, 1.807) is 12.1 Å². The second-order valence-electron chi connectivity index (χ2n) is 6.24. The first-order valence-electron chi connectivity index (χ1n) is 7.79. The van der Waals surface area contributed by atoms with Crippen molar-refractivity contribution in [2.24, 2.45) is 5.92 Å². The Morgan fingerprint density at radius 1 is 1.38 bits per heavy atom. The summed E-state index contributed by atoms with van der Waals surface area (Å²) in [5.74, 6) is 0.663. The molecule has 1 aromatic carbocycles. The Kier molecular flexibility index (Phi) is 5.59. The molecule has 3 unspecified atom stereocenters. The van der Waals surface area contributed by atoms with Gasteiger partial charge in [0.25, 0.3) is 0 Å². The van der Waals surface area contributed by atoms with Crippen molar-refractivity contribution in [2.75, 3.05) is 27.2 Å². The maximum atomic E-state index is 13.8. The van der Waals surface area contributed by atoms with E-state index in [0.29, 0.717) is 17.7 Å². The number of nitrogens with one attached hydrogen (secondary N) is 1. The van der Waals surface area contributed by atoms with Crippen LogP contribution in [0.15, 0.2) is 18.2 Å². The summed E-state index contributed by atoms with van der Waals surface area (Å²) in [5, 5.41) is 3.62. The van der Waals surface area contributed by atoms with E-state index < -0.39 is 0 Å². The number of benzene rings is 1. The third-order valence-corrected chi connectivity index (χ3v) is 4.56. The Hall–Kier alpha value is -1.13. The Morgan fingerprint density at radius 2 is 2.14 bits per heavy atom. The summed E-state index contributed by atoms with van der Waals surface area (Å²) in [6.45, 7) is 6.66. The van der Waals surface area contributed by atoms with Crippen molar-refractivity contribution >= 4 is 0 Å². The van der Waals surface area contributed by atoms with Crippen LogP contribution in [0.25, 0.3) is 0 Å². The van der Waals surface area contributed by atoms with Crippen LogP contribution in [0.5, 0.6) is 5.75 Å². The fourth-order valence-corrected chi connectivity index (χ4v) is 3.19. The predicted octanol–water partition coefficient (Wildman–Crippen LogP) is 3.22. The lowest BCUT2D eigenvalue weighted by Crippen LogP contribution is -2.43. The molecule has 1 aromatic rings. The Bertz CT molecular complexity index is 466. The summed E-state index contributed by atoms with van der Waals surface area (Å²) >= 11 is 0. The molecule has 1 aliphatic rings. The van der Waals surface area contributed by atoms with Gasteiger partial charge in [-0.25, -0.2) is 4.39 Å². The first kappa shape index (κ1) is 16.2. The molecule has 0 bridgehead atoms. The molecule has 1 N–H and O–H groups in total. The Morgan fingerprint density at radius 3 is 2.76 bits per heavy atom. The van der Waals surface area contributed by atoms with Gasteiger partial charge in [0.15, 0.2) is 11.6 Å². The van der Waals surface area contributed by atoms with Crippen LogP contribution >= 0.6 is 0 Å². The van der Waals surface area contributed by atoms with Crippen LogP contribution in [-0.2, 0) is 0 Å². The number of piperidine rings is 1. The lowest BCUT2D eigenvalue weighted by Gasteiger charge is -2.35. The largest absolute Gasteiger partial charge is 0.494 e. The number of likely N-dealkylation sites (tertiary alicyclic amines) is 1. The third-order valence-electron chi connectivity index (χ3n) is 4.56. The average molecular weight is 294 g/mol. The quantitative estimate of drug-likeness (QED) is 0.902. The lowest BCUT2D eigenvalue weighted by molar-refractivity contribution is 0.174. The Labute approximate surface area is 127 Å². The van der Waals surface area contributed by atoms with Crippen LogP contribution in [0.3, 0.4) is 0 Å². The highest BCUT2D eigenvalue weighted by molar-refractivity contribution is 5.30. The van der Waals surface area contributed by atoms with Crippen molar-refractivity contribution < 1.29 is 9.13 Å². The molecule has 21 heavy (non-hydrogen) atoms. The van der Waals surface area contributed by atoms with Gasteiger partial charge >= 0.3 is 0 Å². The van der Waals surface area contributed by atoms with Gasteiger partial charge in [-0.2, -0.15) is 0 Å². The number of ether oxygens (including phenoxy) is 1. The minimum absolute atomic E-state index is 0.132. The summed E-state index contributed by atoms with van der Waals surface area (Å²) in [4.78, 5) is 2.39. The van der Waals surface area contributed by atoms with Crippen molar-refractivity contribution in [3.63, 3.8) is 0 Å². The van der Waals surface area contributed by atoms with Crippen molar-refractivity contribution in [3.8, 4) is 5.75 Å². The molecule has 2 rings (SSSR count). The van der Waals surface area contributed by atoms with Crippen LogP contribution in [0.4, 0.5) is 4.39 Å². The predicted molar refractivity (Wildman–Crippen MR) is 84.2 cm³/mol. The van der Waals surface area contributed by atoms with Gasteiger partial charge in [-0.3, -0.25) is 0 Å². The summed E-state index contributed by atoms with van der Waals surface area (Å²) < 4.78 is 18.8. The van der Waals surface area contributed by atoms with Crippen LogP contribution in [0.1, 0.15) is 38.3 Å². The molecule has 0 saturated carbocycles. The van der Waals surface area contributed by atoms with Gasteiger partial charge in [0, 0.05) is 18.6 Å². The topological polar surface area (TPSA) is 24.5 Å². The van der Waals surface area contributed by atoms with Crippen LogP contribution in [-0.4, -0.2) is 38.2 Å². The van der Waals surface area contributed by atoms with E-state index >= 15 is 0 Å². The Balaban J connectivity index is 1.96. The third kappa shape index (κ3) is 4.17. The SMILES string of the molecule is COc1ccc(C(C)NC(C)C2CCCN(C)C2)cc1F. The molecule has 3 nitrogen and oxygen atoms in total. The van der Waals surface area contributed by atoms with E-state index in [1.807, 2.05) is 6.07 Å². The number of methoxy groups -OCH3 is 1. The zero-order valence-electron chi connectivity index (χ0n) is 13.5. The van der Waals surface area contributed by atoms with E-state index in [-0.39, 0.29) is 11.9 Å². The number of halogens is 1. The molecule has 0 aliphatic carbocycles. The number of hydrogen-bond acceptors (Lipinski definition) is 3. The van der Waals surface area contributed by atoms with E-state index in [2.05, 4.69) is 31.1 Å².